The molecule has 0 spiro atoms. The molecule has 17 heavy (non-hydrogen) atoms. The molecule has 94 valence electrons. The molecule has 1 N–H and O–H groups in total. The summed E-state index contributed by atoms with van der Waals surface area (Å²) in [4.78, 5) is 21.1. The summed E-state index contributed by atoms with van der Waals surface area (Å²) >= 11 is 0. The lowest BCUT2D eigenvalue weighted by molar-refractivity contribution is 0.0690. The zero-order valence-corrected chi connectivity index (χ0v) is 10.7. The summed E-state index contributed by atoms with van der Waals surface area (Å²) in [5, 5.41) is 8.90. The molecule has 0 bridgehead atoms. The van der Waals surface area contributed by atoms with Gasteiger partial charge in [-0.2, -0.15) is 0 Å². The van der Waals surface area contributed by atoms with E-state index in [2.05, 4.69) is 23.8 Å². The Morgan fingerprint density at radius 1 is 1.41 bits per heavy atom. The molecule has 0 aliphatic carbocycles. The van der Waals surface area contributed by atoms with Gasteiger partial charge in [0.15, 0.2) is 5.69 Å². The highest BCUT2D eigenvalue weighted by molar-refractivity contribution is 5.85. The predicted molar refractivity (Wildman–Crippen MR) is 66.3 cm³/mol. The third kappa shape index (κ3) is 3.69. The summed E-state index contributed by atoms with van der Waals surface area (Å²) in [6.07, 6.45) is 1.49. The Bertz CT molecular complexity index is 391. The van der Waals surface area contributed by atoms with Gasteiger partial charge in [-0.05, 0) is 25.8 Å². The number of hydrogen-bond acceptors (Lipinski definition) is 4. The van der Waals surface area contributed by atoms with E-state index in [1.165, 1.54) is 12.3 Å². The Kier molecular flexibility index (Phi) is 4.43. The highest BCUT2D eigenvalue weighted by Gasteiger charge is 2.16. The Balaban J connectivity index is 3.01. The fraction of sp³-hybridized carbons (Fsp3) is 0.583. The van der Waals surface area contributed by atoms with Gasteiger partial charge in [-0.15, -0.1) is 0 Å². The van der Waals surface area contributed by atoms with E-state index in [9.17, 15) is 4.79 Å². The van der Waals surface area contributed by atoms with E-state index in [0.717, 1.165) is 6.54 Å². The van der Waals surface area contributed by atoms with Crippen molar-refractivity contribution in [1.82, 2.24) is 9.97 Å². The summed E-state index contributed by atoms with van der Waals surface area (Å²) in [5.41, 5.74) is 0.0319. The molecule has 0 aliphatic heterocycles. The number of anilines is 1. The minimum Gasteiger partial charge on any atom is -0.477 e. The van der Waals surface area contributed by atoms with Crippen molar-refractivity contribution in [3.63, 3.8) is 0 Å². The van der Waals surface area contributed by atoms with Crippen molar-refractivity contribution in [1.29, 1.82) is 0 Å². The lowest BCUT2D eigenvalue weighted by Crippen LogP contribution is -2.35. The summed E-state index contributed by atoms with van der Waals surface area (Å²) < 4.78 is 0. The first-order valence-corrected chi connectivity index (χ1v) is 5.74. The number of hydrogen-bond donors (Lipinski definition) is 1. The zero-order chi connectivity index (χ0) is 13.0. The molecular formula is C12H19N3O2. The molecule has 0 unspecified atom stereocenters. The first-order valence-electron chi connectivity index (χ1n) is 5.74. The van der Waals surface area contributed by atoms with Crippen LogP contribution in [-0.4, -0.2) is 33.6 Å². The van der Waals surface area contributed by atoms with Gasteiger partial charge in [-0.1, -0.05) is 13.8 Å². The van der Waals surface area contributed by atoms with Crippen LogP contribution in [0.1, 0.15) is 38.2 Å². The standard InChI is InChI=1S/C12H19N3O2/c1-8(2)7-15(9(3)4)12-13-6-5-10(14-12)11(16)17/h5-6,8-9H,7H2,1-4H3,(H,16,17). The van der Waals surface area contributed by atoms with Crippen LogP contribution in [0.4, 0.5) is 5.95 Å². The van der Waals surface area contributed by atoms with Crippen LogP contribution in [0.25, 0.3) is 0 Å². The average molecular weight is 237 g/mol. The van der Waals surface area contributed by atoms with E-state index in [4.69, 9.17) is 5.11 Å². The number of carboxylic acids is 1. The van der Waals surface area contributed by atoms with Crippen molar-refractivity contribution < 1.29 is 9.90 Å². The van der Waals surface area contributed by atoms with Gasteiger partial charge in [0, 0.05) is 18.8 Å². The fourth-order valence-corrected chi connectivity index (χ4v) is 1.52. The average Bonchev–Trinajstić information content (AvgIpc) is 2.25. The third-order valence-electron chi connectivity index (χ3n) is 2.30. The summed E-state index contributed by atoms with van der Waals surface area (Å²) in [7, 11) is 0. The fourth-order valence-electron chi connectivity index (χ4n) is 1.52. The SMILES string of the molecule is CC(C)CN(c1nccc(C(=O)O)n1)C(C)C. The van der Waals surface area contributed by atoms with Crippen molar-refractivity contribution in [3.05, 3.63) is 18.0 Å². The quantitative estimate of drug-likeness (QED) is 0.849. The first kappa shape index (κ1) is 13.4. The van der Waals surface area contributed by atoms with Crippen LogP contribution in [0.15, 0.2) is 12.3 Å². The van der Waals surface area contributed by atoms with Gasteiger partial charge in [-0.3, -0.25) is 0 Å². The van der Waals surface area contributed by atoms with Crippen LogP contribution in [0, 0.1) is 5.92 Å². The highest BCUT2D eigenvalue weighted by atomic mass is 16.4. The smallest absolute Gasteiger partial charge is 0.354 e. The molecule has 5 heteroatoms. The second-order valence-corrected chi connectivity index (χ2v) is 4.69. The first-order chi connectivity index (χ1) is 7.91. The van der Waals surface area contributed by atoms with E-state index < -0.39 is 5.97 Å². The van der Waals surface area contributed by atoms with Crippen molar-refractivity contribution in [3.8, 4) is 0 Å². The third-order valence-corrected chi connectivity index (χ3v) is 2.30. The Morgan fingerprint density at radius 2 is 2.06 bits per heavy atom. The molecule has 0 atom stereocenters. The largest absolute Gasteiger partial charge is 0.477 e. The van der Waals surface area contributed by atoms with Gasteiger partial charge in [-0.25, -0.2) is 14.8 Å². The van der Waals surface area contributed by atoms with E-state index >= 15 is 0 Å². The maximum Gasteiger partial charge on any atom is 0.354 e. The molecule has 5 nitrogen and oxygen atoms in total. The molecule has 1 rings (SSSR count). The van der Waals surface area contributed by atoms with Crippen LogP contribution in [0.2, 0.25) is 0 Å². The van der Waals surface area contributed by atoms with Gasteiger partial charge in [0.2, 0.25) is 5.95 Å². The van der Waals surface area contributed by atoms with Crippen molar-refractivity contribution in [2.24, 2.45) is 5.92 Å². The van der Waals surface area contributed by atoms with Gasteiger partial charge < -0.3 is 10.0 Å². The summed E-state index contributed by atoms with van der Waals surface area (Å²) in [6, 6.07) is 1.64. The molecule has 0 aromatic carbocycles. The summed E-state index contributed by atoms with van der Waals surface area (Å²) in [5.74, 6) is -0.0787. The van der Waals surface area contributed by atoms with E-state index in [1.807, 2.05) is 18.7 Å². The van der Waals surface area contributed by atoms with Crippen LogP contribution in [0.3, 0.4) is 0 Å². The normalized spacial score (nSPS) is 10.9. The number of carboxylic acid groups (broad SMARTS) is 1. The van der Waals surface area contributed by atoms with Gasteiger partial charge in [0.05, 0.1) is 0 Å². The Hall–Kier alpha value is -1.65. The minimum absolute atomic E-state index is 0.0319. The highest BCUT2D eigenvalue weighted by Crippen LogP contribution is 2.13. The van der Waals surface area contributed by atoms with E-state index in [0.29, 0.717) is 11.9 Å². The maximum absolute atomic E-state index is 10.9. The van der Waals surface area contributed by atoms with Crippen LogP contribution < -0.4 is 4.90 Å². The molecule has 1 aromatic rings. The molecule has 1 aromatic heterocycles. The van der Waals surface area contributed by atoms with Crippen molar-refractivity contribution in [2.45, 2.75) is 33.7 Å². The number of rotatable bonds is 5. The molecule has 0 aliphatic rings. The molecule has 0 radical (unpaired) electrons. The maximum atomic E-state index is 10.9. The van der Waals surface area contributed by atoms with Crippen molar-refractivity contribution >= 4 is 11.9 Å². The van der Waals surface area contributed by atoms with E-state index in [-0.39, 0.29) is 11.7 Å². The van der Waals surface area contributed by atoms with Crippen LogP contribution in [-0.2, 0) is 0 Å². The Morgan fingerprint density at radius 3 is 2.53 bits per heavy atom. The second-order valence-electron chi connectivity index (χ2n) is 4.69. The lowest BCUT2D eigenvalue weighted by Gasteiger charge is -2.28. The second kappa shape index (κ2) is 5.61. The molecular weight excluding hydrogens is 218 g/mol. The Labute approximate surface area is 102 Å². The number of aromatic carboxylic acids is 1. The number of aromatic nitrogens is 2. The van der Waals surface area contributed by atoms with Gasteiger partial charge >= 0.3 is 5.97 Å². The topological polar surface area (TPSA) is 66.3 Å². The number of carbonyl (C=O) groups is 1. The molecule has 0 fully saturated rings. The molecule has 0 saturated carbocycles. The van der Waals surface area contributed by atoms with E-state index in [1.54, 1.807) is 0 Å². The lowest BCUT2D eigenvalue weighted by atomic mass is 10.2. The number of nitrogens with zero attached hydrogens (tertiary/aromatic N) is 3. The van der Waals surface area contributed by atoms with Crippen LogP contribution in [0.5, 0.6) is 0 Å². The monoisotopic (exact) mass is 237 g/mol. The van der Waals surface area contributed by atoms with Gasteiger partial charge in [0.1, 0.15) is 0 Å². The zero-order valence-electron chi connectivity index (χ0n) is 10.7. The molecule has 1 heterocycles. The van der Waals surface area contributed by atoms with Crippen molar-refractivity contribution in [2.75, 3.05) is 11.4 Å². The molecule has 0 saturated heterocycles. The minimum atomic E-state index is -1.03. The van der Waals surface area contributed by atoms with Gasteiger partial charge in [0.25, 0.3) is 0 Å². The summed E-state index contributed by atoms with van der Waals surface area (Å²) in [6.45, 7) is 9.10. The molecule has 0 amide bonds. The van der Waals surface area contributed by atoms with Crippen LogP contribution >= 0.6 is 0 Å². The predicted octanol–water partition coefficient (Wildman–Crippen LogP) is 2.05.